The number of likely N-dealkylation sites (tertiary alicyclic amines) is 1. The van der Waals surface area contributed by atoms with Gasteiger partial charge in [-0.3, -0.25) is 9.69 Å². The molecule has 0 radical (unpaired) electrons. The Morgan fingerprint density at radius 3 is 2.65 bits per heavy atom. The fourth-order valence-electron chi connectivity index (χ4n) is 3.15. The minimum atomic E-state index is -0.837. The van der Waals surface area contributed by atoms with E-state index >= 15 is 0 Å². The molecule has 1 aliphatic heterocycles. The maximum atomic E-state index is 11.7. The van der Waals surface area contributed by atoms with E-state index in [0.717, 1.165) is 25.4 Å². The first-order valence-electron chi connectivity index (χ1n) is 8.14. The van der Waals surface area contributed by atoms with Gasteiger partial charge in [-0.15, -0.1) is 0 Å². The largest absolute Gasteiger partial charge is 0.465 e. The molecule has 1 aliphatic rings. The highest BCUT2D eigenvalue weighted by Gasteiger charge is 2.31. The van der Waals surface area contributed by atoms with Crippen molar-refractivity contribution < 1.29 is 9.53 Å². The van der Waals surface area contributed by atoms with Gasteiger partial charge in [0.25, 0.3) is 0 Å². The van der Waals surface area contributed by atoms with Crippen molar-refractivity contribution in [3.05, 3.63) is 0 Å². The van der Waals surface area contributed by atoms with Gasteiger partial charge in [0.1, 0.15) is 5.54 Å². The van der Waals surface area contributed by atoms with Crippen LogP contribution in [0.2, 0.25) is 0 Å². The molecule has 0 aliphatic carbocycles. The number of carbonyl (C=O) groups excluding carboxylic acids is 1. The average Bonchev–Trinajstić information content (AvgIpc) is 2.75. The monoisotopic (exact) mass is 284 g/mol. The molecule has 0 aromatic rings. The van der Waals surface area contributed by atoms with E-state index in [-0.39, 0.29) is 5.97 Å². The molecule has 118 valence electrons. The van der Waals surface area contributed by atoms with Crippen LogP contribution in [-0.2, 0) is 9.53 Å². The summed E-state index contributed by atoms with van der Waals surface area (Å²) in [5, 5.41) is 0. The summed E-state index contributed by atoms with van der Waals surface area (Å²) in [5.74, 6) is -0.277. The van der Waals surface area contributed by atoms with Gasteiger partial charge in [0, 0.05) is 12.1 Å². The second-order valence-electron chi connectivity index (χ2n) is 6.32. The Morgan fingerprint density at radius 1 is 1.35 bits per heavy atom. The lowest BCUT2D eigenvalue weighted by Gasteiger charge is -2.28. The molecule has 1 heterocycles. The first-order valence-corrected chi connectivity index (χ1v) is 8.14. The van der Waals surface area contributed by atoms with E-state index in [4.69, 9.17) is 10.5 Å². The highest BCUT2D eigenvalue weighted by Crippen LogP contribution is 2.26. The molecule has 2 N–H and O–H groups in total. The van der Waals surface area contributed by atoms with Crippen LogP contribution in [-0.4, -0.2) is 41.6 Å². The smallest absolute Gasteiger partial charge is 0.325 e. The number of carbonyl (C=O) groups is 1. The number of hydrogen-bond acceptors (Lipinski definition) is 4. The summed E-state index contributed by atoms with van der Waals surface area (Å²) in [7, 11) is 0. The van der Waals surface area contributed by atoms with E-state index in [1.165, 1.54) is 19.3 Å². The Morgan fingerprint density at radius 2 is 2.05 bits per heavy atom. The molecule has 0 aromatic heterocycles. The lowest BCUT2D eigenvalue weighted by atomic mass is 9.96. The highest BCUT2D eigenvalue weighted by molar-refractivity contribution is 5.79. The second-order valence-corrected chi connectivity index (χ2v) is 6.32. The van der Waals surface area contributed by atoms with Gasteiger partial charge in [0.05, 0.1) is 6.61 Å². The Kier molecular flexibility index (Phi) is 6.96. The third kappa shape index (κ3) is 4.74. The minimum absolute atomic E-state index is 0.277. The van der Waals surface area contributed by atoms with Crippen LogP contribution >= 0.6 is 0 Å². The van der Waals surface area contributed by atoms with E-state index in [1.807, 2.05) is 6.92 Å². The number of hydrogen-bond donors (Lipinski definition) is 1. The zero-order valence-corrected chi connectivity index (χ0v) is 13.7. The molecular weight excluding hydrogens is 252 g/mol. The molecule has 0 saturated carbocycles. The molecule has 0 bridgehead atoms. The zero-order valence-electron chi connectivity index (χ0n) is 13.7. The lowest BCUT2D eigenvalue weighted by molar-refractivity contribution is -0.149. The number of nitrogens with zero attached hydrogens (tertiary/aromatic N) is 1. The van der Waals surface area contributed by atoms with Crippen LogP contribution in [0.25, 0.3) is 0 Å². The fourth-order valence-corrected chi connectivity index (χ4v) is 3.15. The minimum Gasteiger partial charge on any atom is -0.465 e. The maximum Gasteiger partial charge on any atom is 0.325 e. The van der Waals surface area contributed by atoms with E-state index in [1.54, 1.807) is 6.92 Å². The van der Waals surface area contributed by atoms with E-state index < -0.39 is 5.54 Å². The summed E-state index contributed by atoms with van der Waals surface area (Å²) in [6.45, 7) is 9.70. The first kappa shape index (κ1) is 17.4. The molecule has 0 amide bonds. The number of ether oxygens (including phenoxy) is 1. The number of nitrogens with two attached hydrogens (primary N) is 1. The summed E-state index contributed by atoms with van der Waals surface area (Å²) < 4.78 is 5.01. The van der Waals surface area contributed by atoms with Crippen LogP contribution < -0.4 is 5.73 Å². The van der Waals surface area contributed by atoms with Crippen molar-refractivity contribution >= 4 is 5.97 Å². The third-order valence-electron chi connectivity index (χ3n) is 4.53. The molecule has 1 rings (SSSR count). The van der Waals surface area contributed by atoms with Gasteiger partial charge < -0.3 is 10.5 Å². The van der Waals surface area contributed by atoms with Crippen LogP contribution in [0.1, 0.15) is 66.2 Å². The van der Waals surface area contributed by atoms with Gasteiger partial charge in [-0.2, -0.15) is 0 Å². The van der Waals surface area contributed by atoms with E-state index in [0.29, 0.717) is 19.1 Å². The number of unbranched alkanes of at least 4 members (excludes halogenated alkanes) is 1. The standard InChI is InChI=1S/C16H32N2O2/c1-5-14-10-9-13(3)18(14)12-8-7-11-16(4,17)15(19)20-6-2/h13-14H,5-12,17H2,1-4H3. The third-order valence-corrected chi connectivity index (χ3v) is 4.53. The summed E-state index contributed by atoms with van der Waals surface area (Å²) in [4.78, 5) is 14.3. The number of rotatable bonds is 8. The highest BCUT2D eigenvalue weighted by atomic mass is 16.5. The summed E-state index contributed by atoms with van der Waals surface area (Å²) >= 11 is 0. The Bertz CT molecular complexity index is 305. The summed E-state index contributed by atoms with van der Waals surface area (Å²) in [6, 6.07) is 1.45. The predicted octanol–water partition coefficient (Wildman–Crippen LogP) is 2.70. The van der Waals surface area contributed by atoms with Gasteiger partial charge in [-0.05, 0) is 65.8 Å². The van der Waals surface area contributed by atoms with Crippen LogP contribution in [0.4, 0.5) is 0 Å². The quantitative estimate of drug-likeness (QED) is 0.550. The summed E-state index contributed by atoms with van der Waals surface area (Å²) in [6.07, 6.45) is 6.66. The van der Waals surface area contributed by atoms with Crippen LogP contribution in [0.3, 0.4) is 0 Å². The SMILES string of the molecule is CCOC(=O)C(C)(N)CCCCN1C(C)CCC1CC. The topological polar surface area (TPSA) is 55.6 Å². The van der Waals surface area contributed by atoms with Gasteiger partial charge in [0.15, 0.2) is 0 Å². The molecule has 0 spiro atoms. The molecule has 1 fully saturated rings. The molecule has 0 aromatic carbocycles. The van der Waals surface area contributed by atoms with E-state index in [2.05, 4.69) is 18.7 Å². The van der Waals surface area contributed by atoms with Crippen molar-refractivity contribution in [1.82, 2.24) is 4.90 Å². The second kappa shape index (κ2) is 7.99. The van der Waals surface area contributed by atoms with Crippen molar-refractivity contribution in [2.75, 3.05) is 13.2 Å². The number of esters is 1. The molecule has 3 atom stereocenters. The van der Waals surface area contributed by atoms with Crippen molar-refractivity contribution in [3.8, 4) is 0 Å². The zero-order chi connectivity index (χ0) is 15.2. The molecule has 20 heavy (non-hydrogen) atoms. The van der Waals surface area contributed by atoms with Crippen LogP contribution in [0.15, 0.2) is 0 Å². The van der Waals surface area contributed by atoms with Crippen molar-refractivity contribution in [3.63, 3.8) is 0 Å². The van der Waals surface area contributed by atoms with Crippen LogP contribution in [0, 0.1) is 0 Å². The van der Waals surface area contributed by atoms with Crippen molar-refractivity contribution in [1.29, 1.82) is 0 Å². The van der Waals surface area contributed by atoms with Gasteiger partial charge in [0.2, 0.25) is 0 Å². The Balaban J connectivity index is 2.29. The molecule has 4 nitrogen and oxygen atoms in total. The normalized spacial score (nSPS) is 26.4. The lowest BCUT2D eigenvalue weighted by Crippen LogP contribution is -2.46. The van der Waals surface area contributed by atoms with Gasteiger partial charge in [-0.1, -0.05) is 6.92 Å². The molecule has 3 unspecified atom stereocenters. The Labute approximate surface area is 124 Å². The van der Waals surface area contributed by atoms with Crippen molar-refractivity contribution in [2.45, 2.75) is 83.8 Å². The van der Waals surface area contributed by atoms with Gasteiger partial charge in [-0.25, -0.2) is 0 Å². The fraction of sp³-hybridized carbons (Fsp3) is 0.938. The first-order chi connectivity index (χ1) is 9.42. The van der Waals surface area contributed by atoms with Crippen molar-refractivity contribution in [2.24, 2.45) is 5.73 Å². The molecular formula is C16H32N2O2. The predicted molar refractivity (Wildman–Crippen MR) is 82.6 cm³/mol. The maximum absolute atomic E-state index is 11.7. The Hall–Kier alpha value is -0.610. The molecule has 1 saturated heterocycles. The molecule has 4 heteroatoms. The van der Waals surface area contributed by atoms with Crippen LogP contribution in [0.5, 0.6) is 0 Å². The summed E-state index contributed by atoms with van der Waals surface area (Å²) in [5.41, 5.74) is 5.20. The van der Waals surface area contributed by atoms with E-state index in [9.17, 15) is 4.79 Å². The average molecular weight is 284 g/mol. The van der Waals surface area contributed by atoms with Gasteiger partial charge >= 0.3 is 5.97 Å².